The molecule has 0 atom stereocenters. The van der Waals surface area contributed by atoms with Crippen LogP contribution < -0.4 is 32.9 Å². The topological polar surface area (TPSA) is 12.9 Å². The highest BCUT2D eigenvalue weighted by atomic mass is 79.9. The highest BCUT2D eigenvalue weighted by molar-refractivity contribution is 7.95. The summed E-state index contributed by atoms with van der Waals surface area (Å²) < 4.78 is 0. The molecule has 0 fully saturated rings. The first-order valence-electron chi connectivity index (χ1n) is 10.9. The number of benzene rings is 3. The normalized spacial score (nSPS) is 13.2. The van der Waals surface area contributed by atoms with Crippen LogP contribution >= 0.6 is 7.26 Å². The molecule has 1 aliphatic carbocycles. The zero-order valence-corrected chi connectivity index (χ0v) is 20.1. The van der Waals surface area contributed by atoms with E-state index in [0.29, 0.717) is 0 Å². The summed E-state index contributed by atoms with van der Waals surface area (Å²) in [5.41, 5.74) is 4.00. The number of hydrogen-bond donors (Lipinski definition) is 0. The maximum atomic E-state index is 5.20. The zero-order valence-electron chi connectivity index (χ0n) is 17.6. The van der Waals surface area contributed by atoms with Gasteiger partial charge in [0.2, 0.25) is 0 Å². The van der Waals surface area contributed by atoms with E-state index in [0.717, 1.165) is 12.6 Å². The van der Waals surface area contributed by atoms with Crippen molar-refractivity contribution in [2.45, 2.75) is 31.8 Å². The molecule has 1 aromatic heterocycles. The van der Waals surface area contributed by atoms with Crippen LogP contribution in [0.25, 0.3) is 0 Å². The average Bonchev–Trinajstić information content (AvgIpc) is 2.84. The summed E-state index contributed by atoms with van der Waals surface area (Å²) in [4.78, 5) is 5.20. The van der Waals surface area contributed by atoms with Crippen LogP contribution in [0.2, 0.25) is 0 Å². The van der Waals surface area contributed by atoms with Crippen molar-refractivity contribution in [3.8, 4) is 0 Å². The van der Waals surface area contributed by atoms with Crippen molar-refractivity contribution < 1.29 is 17.0 Å². The minimum Gasteiger partial charge on any atom is -1.00 e. The monoisotopic (exact) mass is 487 g/mol. The van der Waals surface area contributed by atoms with Crippen LogP contribution in [0, 0.1) is 0 Å². The van der Waals surface area contributed by atoms with Gasteiger partial charge in [-0.25, -0.2) is 0 Å². The van der Waals surface area contributed by atoms with Crippen LogP contribution in [0.4, 0.5) is 0 Å². The largest absolute Gasteiger partial charge is 1.00 e. The van der Waals surface area contributed by atoms with Crippen LogP contribution in [0.15, 0.2) is 103 Å². The third kappa shape index (κ3) is 4.38. The third-order valence-electron chi connectivity index (χ3n) is 6.23. The van der Waals surface area contributed by atoms with E-state index in [9.17, 15) is 0 Å². The van der Waals surface area contributed by atoms with Crippen molar-refractivity contribution >= 4 is 23.2 Å². The molecule has 1 aliphatic rings. The molecule has 0 bridgehead atoms. The fraction of sp³-hybridized carbons (Fsp3) is 0.179. The minimum atomic E-state index is -1.87. The van der Waals surface area contributed by atoms with Gasteiger partial charge >= 0.3 is 0 Å². The Balaban J connectivity index is 0.00000231. The number of pyridine rings is 1. The first kappa shape index (κ1) is 21.9. The molecular formula is C28H27BrNP. The molecule has 0 saturated heterocycles. The molecule has 0 aliphatic heterocycles. The fourth-order valence-electron chi connectivity index (χ4n) is 4.73. The van der Waals surface area contributed by atoms with Crippen molar-refractivity contribution in [2.75, 3.05) is 0 Å². The van der Waals surface area contributed by atoms with Gasteiger partial charge in [-0.1, -0.05) is 60.7 Å². The highest BCUT2D eigenvalue weighted by Gasteiger charge is 2.45. The first-order chi connectivity index (χ1) is 14.9. The van der Waals surface area contributed by atoms with Crippen LogP contribution in [0.3, 0.4) is 0 Å². The number of nitrogens with zero attached hydrogens (tertiary/aromatic N) is 1. The van der Waals surface area contributed by atoms with Gasteiger partial charge in [-0.2, -0.15) is 0 Å². The van der Waals surface area contributed by atoms with Gasteiger partial charge in [0, 0.05) is 5.69 Å². The molecule has 0 unspecified atom stereocenters. The minimum absolute atomic E-state index is 0. The summed E-state index contributed by atoms with van der Waals surface area (Å²) in [6.07, 6.45) is 5.82. The Bertz CT molecular complexity index is 1020. The molecule has 3 aromatic carbocycles. The molecule has 0 saturated carbocycles. The molecule has 31 heavy (non-hydrogen) atoms. The molecule has 1 heterocycles. The second-order valence-electron chi connectivity index (χ2n) is 8.09. The van der Waals surface area contributed by atoms with Crippen molar-refractivity contribution in [1.82, 2.24) is 4.98 Å². The van der Waals surface area contributed by atoms with Gasteiger partial charge in [-0.05, 0) is 73.7 Å². The summed E-state index contributed by atoms with van der Waals surface area (Å²) in [6.45, 7) is 0. The van der Waals surface area contributed by atoms with Crippen LogP contribution in [0.1, 0.15) is 29.8 Å². The smallest absolute Gasteiger partial charge is 0.118 e. The van der Waals surface area contributed by atoms with Gasteiger partial charge in [-0.3, -0.25) is 4.98 Å². The van der Waals surface area contributed by atoms with Gasteiger partial charge in [-0.15, -0.1) is 0 Å². The van der Waals surface area contributed by atoms with Gasteiger partial charge in [0.1, 0.15) is 29.3 Å². The van der Waals surface area contributed by atoms with Crippen molar-refractivity contribution in [1.29, 1.82) is 0 Å². The quantitative estimate of drug-likeness (QED) is 0.394. The fourth-order valence-corrected chi connectivity index (χ4v) is 8.87. The molecule has 3 heteroatoms. The van der Waals surface area contributed by atoms with E-state index in [1.54, 1.807) is 0 Å². The van der Waals surface area contributed by atoms with Gasteiger partial charge in [0.15, 0.2) is 0 Å². The molecule has 5 rings (SSSR count). The summed E-state index contributed by atoms with van der Waals surface area (Å²) >= 11 is 0. The Morgan fingerprint density at radius 3 is 1.58 bits per heavy atom. The zero-order chi connectivity index (χ0) is 20.2. The Morgan fingerprint density at radius 1 is 0.581 bits per heavy atom. The summed E-state index contributed by atoms with van der Waals surface area (Å²) in [5, 5.41) is 4.26. The Kier molecular flexibility index (Phi) is 7.00. The second-order valence-corrected chi connectivity index (χ2v) is 11.6. The van der Waals surface area contributed by atoms with Crippen molar-refractivity contribution in [3.63, 3.8) is 0 Å². The van der Waals surface area contributed by atoms with Gasteiger partial charge in [0.25, 0.3) is 0 Å². The maximum absolute atomic E-state index is 5.20. The maximum Gasteiger partial charge on any atom is 0.118 e. The molecule has 0 N–H and O–H groups in total. The van der Waals surface area contributed by atoms with Crippen LogP contribution in [0.5, 0.6) is 0 Å². The molecule has 0 spiro atoms. The van der Waals surface area contributed by atoms with Gasteiger partial charge < -0.3 is 17.0 Å². The predicted octanol–water partition coefficient (Wildman–Crippen LogP) is 2.46. The lowest BCUT2D eigenvalue weighted by atomic mass is 9.96. The molecule has 0 radical (unpaired) electrons. The van der Waals surface area contributed by atoms with E-state index in [4.69, 9.17) is 4.98 Å². The van der Waals surface area contributed by atoms with Crippen molar-refractivity contribution in [2.24, 2.45) is 0 Å². The van der Waals surface area contributed by atoms with Crippen LogP contribution in [-0.4, -0.2) is 4.98 Å². The number of rotatable bonds is 5. The summed E-state index contributed by atoms with van der Waals surface area (Å²) in [5.74, 6) is 0. The van der Waals surface area contributed by atoms with Crippen molar-refractivity contribution in [3.05, 3.63) is 120 Å². The number of halogens is 1. The number of aryl methyl sites for hydroxylation is 2. The first-order valence-corrected chi connectivity index (χ1v) is 12.9. The second kappa shape index (κ2) is 9.90. The van der Waals surface area contributed by atoms with Crippen LogP contribution in [-0.2, 0) is 19.0 Å². The standard InChI is InChI=1S/C28H27NP.BrH/c1-4-13-25(14-5-1)30(26-15-6-2-7-16-26,27-17-8-3-9-18-27)22-24-21-20-23-12-10-11-19-28(23)29-24;/h1-9,13-18,20-21H,10-12,19,22H2;1H/q+1;/p-1. The average molecular weight is 488 g/mol. The molecule has 4 aromatic rings. The van der Waals surface area contributed by atoms with E-state index < -0.39 is 7.26 Å². The molecule has 156 valence electrons. The number of hydrogen-bond acceptors (Lipinski definition) is 1. The van der Waals surface area contributed by atoms with E-state index in [2.05, 4.69) is 103 Å². The molecule has 1 nitrogen and oxygen atoms in total. The predicted molar refractivity (Wildman–Crippen MR) is 130 cm³/mol. The van der Waals surface area contributed by atoms with Gasteiger partial charge in [0.05, 0.1) is 5.69 Å². The SMILES string of the molecule is [Br-].c1ccc([P+](Cc2ccc3c(n2)CCCC3)(c2ccccc2)c2ccccc2)cc1. The number of aromatic nitrogens is 1. The Morgan fingerprint density at radius 2 is 1.06 bits per heavy atom. The summed E-state index contributed by atoms with van der Waals surface area (Å²) in [6, 6.07) is 37.9. The lowest BCUT2D eigenvalue weighted by molar-refractivity contribution is -0.00000598. The van der Waals surface area contributed by atoms with E-state index in [-0.39, 0.29) is 17.0 Å². The Labute approximate surface area is 196 Å². The third-order valence-corrected chi connectivity index (χ3v) is 10.6. The molecule has 0 amide bonds. The molecular weight excluding hydrogens is 461 g/mol. The highest BCUT2D eigenvalue weighted by Crippen LogP contribution is 2.57. The Hall–Kier alpha value is -2.28. The lowest BCUT2D eigenvalue weighted by Crippen LogP contribution is -3.00. The number of fused-ring (bicyclic) bond motifs is 1. The van der Waals surface area contributed by atoms with E-state index in [1.807, 2.05) is 0 Å². The summed E-state index contributed by atoms with van der Waals surface area (Å²) in [7, 11) is -1.87. The lowest BCUT2D eigenvalue weighted by Gasteiger charge is -2.28. The van der Waals surface area contributed by atoms with E-state index in [1.165, 1.54) is 52.1 Å². The van der Waals surface area contributed by atoms with E-state index >= 15 is 0 Å².